The first kappa shape index (κ1) is 26.0. The number of H-pyrrole nitrogens is 1. The van der Waals surface area contributed by atoms with E-state index in [1.807, 2.05) is 0 Å². The number of rotatable bonds is 9. The summed E-state index contributed by atoms with van der Waals surface area (Å²) in [5.41, 5.74) is 1.71. The number of aromatic amines is 1. The second-order valence-corrected chi connectivity index (χ2v) is 7.95. The molecule has 2 amide bonds. The molecule has 0 aliphatic carbocycles. The van der Waals surface area contributed by atoms with Crippen LogP contribution in [0.4, 0.5) is 26.3 Å². The highest BCUT2D eigenvalue weighted by molar-refractivity contribution is 5.92. The van der Waals surface area contributed by atoms with Gasteiger partial charge in [0.2, 0.25) is 5.91 Å². The van der Waals surface area contributed by atoms with Crippen molar-refractivity contribution < 1.29 is 35.9 Å². The van der Waals surface area contributed by atoms with E-state index in [0.717, 1.165) is 11.6 Å². The molecule has 14 heteroatoms. The minimum absolute atomic E-state index is 0.0202. The molecule has 0 aliphatic heterocycles. The van der Waals surface area contributed by atoms with E-state index in [4.69, 9.17) is 0 Å². The van der Waals surface area contributed by atoms with Crippen molar-refractivity contribution in [2.75, 3.05) is 0 Å². The molecule has 3 rings (SSSR count). The van der Waals surface area contributed by atoms with Crippen LogP contribution < -0.4 is 10.6 Å². The van der Waals surface area contributed by atoms with Crippen molar-refractivity contribution >= 4 is 22.8 Å². The lowest BCUT2D eigenvalue weighted by Gasteiger charge is -2.15. The zero-order valence-electron chi connectivity index (χ0n) is 18.4. The largest absolute Gasteiger partial charge is 0.392 e. The molecular formula is C21H22F6N6O2. The van der Waals surface area contributed by atoms with Crippen molar-refractivity contribution in [2.45, 2.75) is 51.8 Å². The van der Waals surface area contributed by atoms with Gasteiger partial charge in [-0.25, -0.2) is 4.98 Å². The van der Waals surface area contributed by atoms with Gasteiger partial charge in [-0.15, -0.1) is 0 Å². The summed E-state index contributed by atoms with van der Waals surface area (Å²) in [6.07, 6.45) is -9.38. The van der Waals surface area contributed by atoms with Gasteiger partial charge in [0.15, 0.2) is 0 Å². The highest BCUT2D eigenvalue weighted by Gasteiger charge is 2.37. The van der Waals surface area contributed by atoms with Crippen LogP contribution in [0, 0.1) is 5.92 Å². The fraction of sp³-hybridized carbons (Fsp3) is 0.429. The summed E-state index contributed by atoms with van der Waals surface area (Å²) < 4.78 is 76.0. The average Bonchev–Trinajstić information content (AvgIpc) is 3.39. The summed E-state index contributed by atoms with van der Waals surface area (Å²) in [4.78, 5) is 31.4. The van der Waals surface area contributed by atoms with Crippen LogP contribution in [-0.2, 0) is 24.4 Å². The molecule has 3 aromatic rings. The van der Waals surface area contributed by atoms with Gasteiger partial charge in [-0.1, -0.05) is 13.0 Å². The van der Waals surface area contributed by atoms with Crippen molar-refractivity contribution in [2.24, 2.45) is 5.92 Å². The first-order chi connectivity index (χ1) is 16.3. The summed E-state index contributed by atoms with van der Waals surface area (Å²) in [5, 5.41) is 8.75. The van der Waals surface area contributed by atoms with Crippen LogP contribution in [0.1, 0.15) is 41.6 Å². The zero-order valence-corrected chi connectivity index (χ0v) is 18.4. The maximum Gasteiger partial charge on any atom is 0.392 e. The number of carbonyl (C=O) groups excluding carboxylic acids is 2. The lowest BCUT2D eigenvalue weighted by Crippen LogP contribution is -2.29. The molecule has 1 aromatic carbocycles. The third kappa shape index (κ3) is 7.45. The van der Waals surface area contributed by atoms with E-state index in [1.54, 1.807) is 18.2 Å². The summed E-state index contributed by atoms with van der Waals surface area (Å²) in [6, 6.07) is 6.26. The van der Waals surface area contributed by atoms with Crippen LogP contribution in [0.25, 0.3) is 11.0 Å². The number of imidazole rings is 1. The number of benzene rings is 1. The third-order valence-electron chi connectivity index (χ3n) is 5.11. The lowest BCUT2D eigenvalue weighted by molar-refractivity contribution is -0.174. The molecule has 0 saturated carbocycles. The Kier molecular flexibility index (Phi) is 7.70. The van der Waals surface area contributed by atoms with E-state index in [1.165, 1.54) is 12.3 Å². The topological polar surface area (TPSA) is 105 Å². The van der Waals surface area contributed by atoms with E-state index in [0.29, 0.717) is 22.4 Å². The zero-order chi connectivity index (χ0) is 25.8. The Hall–Kier alpha value is -3.58. The summed E-state index contributed by atoms with van der Waals surface area (Å²) >= 11 is 0. The van der Waals surface area contributed by atoms with E-state index >= 15 is 0 Å². The summed E-state index contributed by atoms with van der Waals surface area (Å²) in [7, 11) is 0. The Morgan fingerprint density at radius 2 is 1.83 bits per heavy atom. The Labute approximate surface area is 195 Å². The highest BCUT2D eigenvalue weighted by atomic mass is 19.4. The van der Waals surface area contributed by atoms with E-state index in [2.05, 4.69) is 25.7 Å². The Morgan fingerprint density at radius 3 is 2.51 bits per heavy atom. The first-order valence-corrected chi connectivity index (χ1v) is 10.5. The molecule has 1 unspecified atom stereocenters. The van der Waals surface area contributed by atoms with Crippen LogP contribution in [0.2, 0.25) is 0 Å². The van der Waals surface area contributed by atoms with E-state index in [9.17, 15) is 35.9 Å². The number of hydrogen-bond acceptors (Lipinski definition) is 4. The second kappa shape index (κ2) is 10.4. The minimum atomic E-state index is -4.44. The SMILES string of the molecule is CC(CC(=O)NCc1ccc2nc(CNC(=O)c3ccnn3CCC(F)(F)F)[nH]c2c1)C(F)(F)F. The van der Waals surface area contributed by atoms with Gasteiger partial charge in [0, 0.05) is 19.2 Å². The normalized spacial score (nSPS) is 13.1. The van der Waals surface area contributed by atoms with E-state index in [-0.39, 0.29) is 18.8 Å². The van der Waals surface area contributed by atoms with Gasteiger partial charge in [0.25, 0.3) is 5.91 Å². The van der Waals surface area contributed by atoms with Crippen molar-refractivity contribution in [3.8, 4) is 0 Å². The minimum Gasteiger partial charge on any atom is -0.352 e. The number of hydrogen-bond donors (Lipinski definition) is 3. The predicted molar refractivity (Wildman–Crippen MR) is 112 cm³/mol. The van der Waals surface area contributed by atoms with Crippen molar-refractivity contribution in [1.82, 2.24) is 30.4 Å². The van der Waals surface area contributed by atoms with Crippen LogP contribution >= 0.6 is 0 Å². The summed E-state index contributed by atoms with van der Waals surface area (Å²) in [5.74, 6) is -2.73. The quantitative estimate of drug-likeness (QED) is 0.385. The predicted octanol–water partition coefficient (Wildman–Crippen LogP) is 3.85. The van der Waals surface area contributed by atoms with E-state index < -0.39 is 49.5 Å². The van der Waals surface area contributed by atoms with Crippen molar-refractivity contribution in [3.05, 3.63) is 47.5 Å². The fourth-order valence-corrected chi connectivity index (χ4v) is 3.16. The maximum absolute atomic E-state index is 12.6. The van der Waals surface area contributed by atoms with Crippen molar-refractivity contribution in [1.29, 1.82) is 0 Å². The van der Waals surface area contributed by atoms with Crippen LogP contribution in [-0.4, -0.2) is 43.9 Å². The molecule has 1 atom stereocenters. The van der Waals surface area contributed by atoms with Crippen LogP contribution in [0.3, 0.4) is 0 Å². The number of fused-ring (bicyclic) bond motifs is 1. The van der Waals surface area contributed by atoms with Gasteiger partial charge in [-0.05, 0) is 23.8 Å². The molecular weight excluding hydrogens is 482 g/mol. The van der Waals surface area contributed by atoms with Gasteiger partial charge in [0.1, 0.15) is 11.5 Å². The third-order valence-corrected chi connectivity index (χ3v) is 5.11. The van der Waals surface area contributed by atoms with Gasteiger partial charge in [-0.3, -0.25) is 14.3 Å². The highest BCUT2D eigenvalue weighted by Crippen LogP contribution is 2.28. The Bertz CT molecular complexity index is 1180. The van der Waals surface area contributed by atoms with Gasteiger partial charge >= 0.3 is 12.4 Å². The lowest BCUT2D eigenvalue weighted by atomic mass is 10.1. The van der Waals surface area contributed by atoms with Gasteiger partial charge in [0.05, 0.1) is 36.5 Å². The van der Waals surface area contributed by atoms with Gasteiger partial charge < -0.3 is 15.6 Å². The molecule has 0 saturated heterocycles. The molecule has 0 fully saturated rings. The molecule has 2 heterocycles. The number of alkyl halides is 6. The fourth-order valence-electron chi connectivity index (χ4n) is 3.16. The molecule has 0 radical (unpaired) electrons. The number of nitrogens with zero attached hydrogens (tertiary/aromatic N) is 3. The molecule has 0 bridgehead atoms. The van der Waals surface area contributed by atoms with Crippen LogP contribution in [0.15, 0.2) is 30.5 Å². The van der Waals surface area contributed by atoms with Crippen molar-refractivity contribution in [3.63, 3.8) is 0 Å². The van der Waals surface area contributed by atoms with Gasteiger partial charge in [-0.2, -0.15) is 31.4 Å². The molecule has 3 N–H and O–H groups in total. The Morgan fingerprint density at radius 1 is 1.09 bits per heavy atom. The second-order valence-electron chi connectivity index (χ2n) is 7.95. The first-order valence-electron chi connectivity index (χ1n) is 10.5. The molecule has 2 aromatic heterocycles. The van der Waals surface area contributed by atoms with Crippen LogP contribution in [0.5, 0.6) is 0 Å². The molecule has 190 valence electrons. The molecule has 0 spiro atoms. The number of carbonyl (C=O) groups is 2. The average molecular weight is 504 g/mol. The molecule has 0 aliphatic rings. The standard InChI is InChI=1S/C21H22F6N6O2/c1-12(21(25,26)27)8-18(34)28-10-13-2-3-14-15(9-13)32-17(31-14)11-29-19(35)16-4-6-30-33(16)7-5-20(22,23)24/h2-4,6,9,12H,5,7-8,10-11H2,1H3,(H,28,34)(H,29,35)(H,31,32). The smallest absolute Gasteiger partial charge is 0.352 e. The number of halogens is 6. The number of aryl methyl sites for hydroxylation is 1. The Balaban J connectivity index is 1.56. The maximum atomic E-state index is 12.6. The number of nitrogens with one attached hydrogen (secondary N) is 3. The molecule has 8 nitrogen and oxygen atoms in total. The molecule has 35 heavy (non-hydrogen) atoms. The number of aromatic nitrogens is 4. The number of amides is 2. The summed E-state index contributed by atoms with van der Waals surface area (Å²) in [6.45, 7) is 0.428. The monoisotopic (exact) mass is 504 g/mol.